The fourth-order valence-corrected chi connectivity index (χ4v) is 3.07. The number of nitrogens with one attached hydrogen (secondary N) is 2. The van der Waals surface area contributed by atoms with Gasteiger partial charge >= 0.3 is 6.03 Å². The highest BCUT2D eigenvalue weighted by Crippen LogP contribution is 2.16. The summed E-state index contributed by atoms with van der Waals surface area (Å²) >= 11 is 1.58. The van der Waals surface area contributed by atoms with Crippen LogP contribution in [0.25, 0.3) is 0 Å². The van der Waals surface area contributed by atoms with Crippen molar-refractivity contribution in [3.63, 3.8) is 0 Å². The molecular weight excluding hydrogens is 310 g/mol. The summed E-state index contributed by atoms with van der Waals surface area (Å²) in [6.07, 6.45) is 0.963. The van der Waals surface area contributed by atoms with E-state index in [0.29, 0.717) is 6.54 Å². The Hall–Kier alpha value is -1.92. The number of thiazole rings is 1. The van der Waals surface area contributed by atoms with Gasteiger partial charge in [-0.15, -0.1) is 11.3 Å². The lowest BCUT2D eigenvalue weighted by atomic mass is 10.0. The number of aliphatic hydroxyl groups excluding tert-OH is 1. The topological polar surface area (TPSA) is 74.2 Å². The van der Waals surface area contributed by atoms with E-state index in [9.17, 15) is 9.90 Å². The third kappa shape index (κ3) is 4.77. The molecule has 5 nitrogen and oxygen atoms in total. The Morgan fingerprint density at radius 1 is 1.30 bits per heavy atom. The second kappa shape index (κ2) is 8.08. The SMILES string of the molecule is CCc1ccc(C(CO)NC(=O)NCc2nc(C)c(C)s2)cc1. The first kappa shape index (κ1) is 17.4. The van der Waals surface area contributed by atoms with E-state index in [4.69, 9.17) is 0 Å². The molecule has 1 atom stereocenters. The van der Waals surface area contributed by atoms with E-state index in [1.54, 1.807) is 11.3 Å². The normalized spacial score (nSPS) is 12.0. The number of urea groups is 1. The van der Waals surface area contributed by atoms with E-state index in [2.05, 4.69) is 22.5 Å². The smallest absolute Gasteiger partial charge is 0.315 e. The lowest BCUT2D eigenvalue weighted by Crippen LogP contribution is -2.38. The predicted octanol–water partition coefficient (Wildman–Crippen LogP) is 2.86. The third-order valence-corrected chi connectivity index (χ3v) is 4.82. The number of rotatable bonds is 6. The first-order chi connectivity index (χ1) is 11.0. The molecule has 2 rings (SSSR count). The Kier molecular flexibility index (Phi) is 6.12. The van der Waals surface area contributed by atoms with Crippen molar-refractivity contribution in [3.05, 3.63) is 51.0 Å². The van der Waals surface area contributed by atoms with Crippen molar-refractivity contribution in [3.8, 4) is 0 Å². The fourth-order valence-electron chi connectivity index (χ4n) is 2.20. The maximum absolute atomic E-state index is 12.0. The molecule has 124 valence electrons. The molecule has 1 aromatic carbocycles. The molecular formula is C17H23N3O2S. The zero-order valence-corrected chi connectivity index (χ0v) is 14.5. The molecule has 0 bridgehead atoms. The standard InChI is InChI=1S/C17H23N3O2S/c1-4-13-5-7-14(8-6-13)15(10-21)20-17(22)18-9-16-19-11(2)12(3)23-16/h5-8,15,21H,4,9-10H2,1-3H3,(H2,18,20,22). The molecule has 6 heteroatoms. The van der Waals surface area contributed by atoms with Crippen molar-refractivity contribution < 1.29 is 9.90 Å². The summed E-state index contributed by atoms with van der Waals surface area (Å²) in [6, 6.07) is 7.17. The molecule has 0 aliphatic heterocycles. The first-order valence-electron chi connectivity index (χ1n) is 7.70. The van der Waals surface area contributed by atoms with E-state index in [0.717, 1.165) is 27.6 Å². The number of nitrogens with zero attached hydrogens (tertiary/aromatic N) is 1. The summed E-state index contributed by atoms with van der Waals surface area (Å²) < 4.78 is 0. The van der Waals surface area contributed by atoms with Crippen molar-refractivity contribution in [2.45, 2.75) is 39.8 Å². The highest BCUT2D eigenvalue weighted by atomic mass is 32.1. The molecule has 1 aromatic heterocycles. The number of hydrogen-bond acceptors (Lipinski definition) is 4. The van der Waals surface area contributed by atoms with Gasteiger partial charge in [-0.3, -0.25) is 0 Å². The maximum atomic E-state index is 12.0. The van der Waals surface area contributed by atoms with Gasteiger partial charge in [0.2, 0.25) is 0 Å². The number of carbonyl (C=O) groups is 1. The van der Waals surface area contributed by atoms with E-state index in [-0.39, 0.29) is 12.6 Å². The summed E-state index contributed by atoms with van der Waals surface area (Å²) in [4.78, 5) is 17.6. The Bertz CT molecular complexity index is 633. The number of aliphatic hydroxyl groups is 1. The predicted molar refractivity (Wildman–Crippen MR) is 92.6 cm³/mol. The number of hydrogen-bond donors (Lipinski definition) is 3. The van der Waals surface area contributed by atoms with Gasteiger partial charge in [0, 0.05) is 4.88 Å². The molecule has 0 saturated carbocycles. The van der Waals surface area contributed by atoms with Gasteiger partial charge in [0.15, 0.2) is 0 Å². The maximum Gasteiger partial charge on any atom is 0.315 e. The number of aryl methyl sites for hydroxylation is 3. The number of carbonyl (C=O) groups excluding carboxylic acids is 1. The number of benzene rings is 1. The molecule has 23 heavy (non-hydrogen) atoms. The zero-order chi connectivity index (χ0) is 16.8. The summed E-state index contributed by atoms with van der Waals surface area (Å²) in [5.41, 5.74) is 3.11. The van der Waals surface area contributed by atoms with Crippen LogP contribution in [0.4, 0.5) is 4.79 Å². The van der Waals surface area contributed by atoms with E-state index >= 15 is 0 Å². The van der Waals surface area contributed by atoms with Crippen LogP contribution in [0.1, 0.15) is 39.7 Å². The lowest BCUT2D eigenvalue weighted by Gasteiger charge is -2.17. The molecule has 1 unspecified atom stereocenters. The molecule has 1 heterocycles. The van der Waals surface area contributed by atoms with Crippen molar-refractivity contribution in [2.75, 3.05) is 6.61 Å². The Morgan fingerprint density at radius 2 is 2.00 bits per heavy atom. The highest BCUT2D eigenvalue weighted by molar-refractivity contribution is 7.11. The van der Waals surface area contributed by atoms with Crippen LogP contribution in [-0.2, 0) is 13.0 Å². The van der Waals surface area contributed by atoms with Crippen LogP contribution in [-0.4, -0.2) is 22.7 Å². The largest absolute Gasteiger partial charge is 0.394 e. The van der Waals surface area contributed by atoms with Gasteiger partial charge in [-0.2, -0.15) is 0 Å². The minimum Gasteiger partial charge on any atom is -0.394 e. The van der Waals surface area contributed by atoms with Gasteiger partial charge < -0.3 is 15.7 Å². The molecule has 2 aromatic rings. The van der Waals surface area contributed by atoms with E-state index in [1.807, 2.05) is 38.1 Å². The minimum atomic E-state index is -0.416. The van der Waals surface area contributed by atoms with Gasteiger partial charge in [0.25, 0.3) is 0 Å². The molecule has 0 saturated heterocycles. The second-order valence-corrected chi connectivity index (χ2v) is 6.69. The fraction of sp³-hybridized carbons (Fsp3) is 0.412. The van der Waals surface area contributed by atoms with Crippen LogP contribution in [0.2, 0.25) is 0 Å². The Labute approximate surface area is 140 Å². The molecule has 0 spiro atoms. The molecule has 2 amide bonds. The van der Waals surface area contributed by atoms with E-state index in [1.165, 1.54) is 5.56 Å². The molecule has 0 aliphatic carbocycles. The monoisotopic (exact) mass is 333 g/mol. The Balaban J connectivity index is 1.91. The van der Waals surface area contributed by atoms with Crippen LogP contribution in [0.15, 0.2) is 24.3 Å². The number of aromatic nitrogens is 1. The van der Waals surface area contributed by atoms with Crippen LogP contribution in [0.3, 0.4) is 0 Å². The van der Waals surface area contributed by atoms with Gasteiger partial charge in [0.05, 0.1) is 24.9 Å². The quantitative estimate of drug-likeness (QED) is 0.761. The third-order valence-electron chi connectivity index (χ3n) is 3.75. The molecule has 0 radical (unpaired) electrons. The lowest BCUT2D eigenvalue weighted by molar-refractivity contribution is 0.216. The van der Waals surface area contributed by atoms with Gasteiger partial charge in [-0.05, 0) is 31.4 Å². The van der Waals surface area contributed by atoms with Crippen molar-refractivity contribution in [1.29, 1.82) is 0 Å². The molecule has 0 fully saturated rings. The summed E-state index contributed by atoms with van der Waals surface area (Å²) in [5.74, 6) is 0. The average molecular weight is 333 g/mol. The van der Waals surface area contributed by atoms with Crippen LogP contribution >= 0.6 is 11.3 Å². The van der Waals surface area contributed by atoms with E-state index < -0.39 is 6.04 Å². The molecule has 0 aliphatic rings. The highest BCUT2D eigenvalue weighted by Gasteiger charge is 2.14. The van der Waals surface area contributed by atoms with Crippen molar-refractivity contribution in [2.24, 2.45) is 0 Å². The van der Waals surface area contributed by atoms with Gasteiger partial charge in [0.1, 0.15) is 5.01 Å². The van der Waals surface area contributed by atoms with Gasteiger partial charge in [-0.25, -0.2) is 9.78 Å². The van der Waals surface area contributed by atoms with Crippen molar-refractivity contribution in [1.82, 2.24) is 15.6 Å². The number of amides is 2. The van der Waals surface area contributed by atoms with Crippen LogP contribution in [0, 0.1) is 13.8 Å². The van der Waals surface area contributed by atoms with Crippen LogP contribution in [0.5, 0.6) is 0 Å². The summed E-state index contributed by atoms with van der Waals surface area (Å²) in [6.45, 7) is 6.30. The Morgan fingerprint density at radius 3 is 2.52 bits per heavy atom. The van der Waals surface area contributed by atoms with Gasteiger partial charge in [-0.1, -0.05) is 31.2 Å². The first-order valence-corrected chi connectivity index (χ1v) is 8.52. The minimum absolute atomic E-state index is 0.144. The zero-order valence-electron chi connectivity index (χ0n) is 13.7. The average Bonchev–Trinajstić information content (AvgIpc) is 2.89. The summed E-state index contributed by atoms with van der Waals surface area (Å²) in [7, 11) is 0. The molecule has 3 N–H and O–H groups in total. The van der Waals surface area contributed by atoms with Crippen LogP contribution < -0.4 is 10.6 Å². The summed E-state index contributed by atoms with van der Waals surface area (Å²) in [5, 5.41) is 16.0. The second-order valence-electron chi connectivity index (χ2n) is 5.41. The van der Waals surface area contributed by atoms with Crippen molar-refractivity contribution >= 4 is 17.4 Å².